The molecule has 0 spiro atoms. The summed E-state index contributed by atoms with van der Waals surface area (Å²) in [4.78, 5) is 22.9. The molecule has 0 radical (unpaired) electrons. The summed E-state index contributed by atoms with van der Waals surface area (Å²) in [6, 6.07) is 9.99. The fraction of sp³-hybridized carbons (Fsp3) is 0.176. The number of hydrogen-bond acceptors (Lipinski definition) is 5. The van der Waals surface area contributed by atoms with E-state index in [0.29, 0.717) is 17.2 Å². The van der Waals surface area contributed by atoms with Gasteiger partial charge in [0.15, 0.2) is 11.5 Å². The molecule has 116 valence electrons. The van der Waals surface area contributed by atoms with Gasteiger partial charge in [0, 0.05) is 17.5 Å². The van der Waals surface area contributed by atoms with E-state index in [1.165, 1.54) is 12.1 Å². The van der Waals surface area contributed by atoms with Gasteiger partial charge < -0.3 is 19.3 Å². The van der Waals surface area contributed by atoms with Crippen LogP contribution in [0.25, 0.3) is 0 Å². The summed E-state index contributed by atoms with van der Waals surface area (Å²) >= 11 is 0. The van der Waals surface area contributed by atoms with Crippen molar-refractivity contribution in [3.8, 4) is 17.2 Å². The second-order valence-electron chi connectivity index (χ2n) is 5.40. The summed E-state index contributed by atoms with van der Waals surface area (Å²) in [5.41, 5.74) is 1.89. The van der Waals surface area contributed by atoms with Crippen LogP contribution < -0.4 is 14.2 Å². The van der Waals surface area contributed by atoms with Gasteiger partial charge in [0.05, 0.1) is 12.0 Å². The number of ether oxygens (including phenoxy) is 3. The molecule has 2 aliphatic heterocycles. The van der Waals surface area contributed by atoms with Crippen LogP contribution in [0.2, 0.25) is 0 Å². The molecule has 0 saturated carbocycles. The summed E-state index contributed by atoms with van der Waals surface area (Å²) in [5.74, 6) is 0.112. The quantitative estimate of drug-likeness (QED) is 0.678. The van der Waals surface area contributed by atoms with Crippen molar-refractivity contribution in [2.75, 3.05) is 6.79 Å². The van der Waals surface area contributed by atoms with Crippen LogP contribution in [0.15, 0.2) is 36.4 Å². The first-order chi connectivity index (χ1) is 11.1. The van der Waals surface area contributed by atoms with Crippen LogP contribution in [0.5, 0.6) is 17.2 Å². The van der Waals surface area contributed by atoms with Crippen molar-refractivity contribution in [3.05, 3.63) is 53.1 Å². The number of carboxylic acids is 1. The molecule has 2 heterocycles. The van der Waals surface area contributed by atoms with E-state index in [-0.39, 0.29) is 30.7 Å². The first-order valence-electron chi connectivity index (χ1n) is 7.09. The van der Waals surface area contributed by atoms with Crippen molar-refractivity contribution in [1.82, 2.24) is 0 Å². The fourth-order valence-electron chi connectivity index (χ4n) is 2.90. The summed E-state index contributed by atoms with van der Waals surface area (Å²) in [7, 11) is 0. The molecule has 6 heteroatoms. The summed E-state index contributed by atoms with van der Waals surface area (Å²) in [5, 5.41) is 8.99. The summed E-state index contributed by atoms with van der Waals surface area (Å²) in [6.45, 7) is 0.143. The molecule has 1 N–H and O–H groups in total. The highest BCUT2D eigenvalue weighted by Crippen LogP contribution is 2.45. The minimum Gasteiger partial charge on any atom is -0.478 e. The van der Waals surface area contributed by atoms with Gasteiger partial charge in [0.25, 0.3) is 0 Å². The number of benzene rings is 2. The largest absolute Gasteiger partial charge is 0.478 e. The van der Waals surface area contributed by atoms with Gasteiger partial charge in [-0.1, -0.05) is 12.1 Å². The molecule has 0 amide bonds. The fourth-order valence-corrected chi connectivity index (χ4v) is 2.90. The average molecular weight is 312 g/mol. The summed E-state index contributed by atoms with van der Waals surface area (Å²) in [6.07, 6.45) is 0.194. The molecule has 1 unspecified atom stereocenters. The smallest absolute Gasteiger partial charge is 0.335 e. The third-order valence-electron chi connectivity index (χ3n) is 4.04. The van der Waals surface area contributed by atoms with Crippen LogP contribution in [0, 0.1) is 0 Å². The van der Waals surface area contributed by atoms with Gasteiger partial charge in [-0.3, -0.25) is 4.79 Å². The molecule has 0 bridgehead atoms. The van der Waals surface area contributed by atoms with E-state index >= 15 is 0 Å². The standard InChI is InChI=1S/C17H12O6/c18-16-6-11(9-1-3-10(4-2-9)17(19)20)12-5-14-15(22-8-21-14)7-13(12)23-16/h1-5,7,11H,6,8H2,(H,19,20). The van der Waals surface area contributed by atoms with Crippen molar-refractivity contribution >= 4 is 11.9 Å². The minimum atomic E-state index is -0.983. The Morgan fingerprint density at radius 1 is 1.04 bits per heavy atom. The maximum absolute atomic E-state index is 11.9. The van der Waals surface area contributed by atoms with Gasteiger partial charge in [-0.2, -0.15) is 0 Å². The number of hydrogen-bond donors (Lipinski definition) is 1. The van der Waals surface area contributed by atoms with Crippen LogP contribution in [-0.2, 0) is 4.79 Å². The lowest BCUT2D eigenvalue weighted by atomic mass is 9.86. The van der Waals surface area contributed by atoms with Gasteiger partial charge >= 0.3 is 11.9 Å². The Balaban J connectivity index is 1.78. The molecule has 6 nitrogen and oxygen atoms in total. The van der Waals surface area contributed by atoms with Crippen LogP contribution in [0.1, 0.15) is 33.8 Å². The predicted octanol–water partition coefficient (Wildman–Crippen LogP) is 2.55. The highest BCUT2D eigenvalue weighted by molar-refractivity contribution is 5.87. The van der Waals surface area contributed by atoms with Crippen molar-refractivity contribution in [1.29, 1.82) is 0 Å². The third kappa shape index (κ3) is 2.28. The third-order valence-corrected chi connectivity index (χ3v) is 4.04. The zero-order valence-electron chi connectivity index (χ0n) is 11.9. The van der Waals surface area contributed by atoms with E-state index in [0.717, 1.165) is 11.1 Å². The van der Waals surface area contributed by atoms with Crippen molar-refractivity contribution in [3.63, 3.8) is 0 Å². The molecule has 4 rings (SSSR count). The Morgan fingerprint density at radius 3 is 2.43 bits per heavy atom. The van der Waals surface area contributed by atoms with Gasteiger partial charge in [-0.15, -0.1) is 0 Å². The van der Waals surface area contributed by atoms with Gasteiger partial charge in [-0.25, -0.2) is 4.79 Å². The first kappa shape index (κ1) is 13.6. The maximum atomic E-state index is 11.9. The monoisotopic (exact) mass is 312 g/mol. The Labute approximate surface area is 131 Å². The Kier molecular flexibility index (Phi) is 2.97. The van der Waals surface area contributed by atoms with Crippen LogP contribution in [-0.4, -0.2) is 23.8 Å². The molecule has 2 aliphatic rings. The lowest BCUT2D eigenvalue weighted by Crippen LogP contribution is -2.21. The van der Waals surface area contributed by atoms with E-state index in [1.54, 1.807) is 18.2 Å². The van der Waals surface area contributed by atoms with Crippen molar-refractivity contribution < 1.29 is 28.9 Å². The second kappa shape index (κ2) is 5.01. The van der Waals surface area contributed by atoms with Crippen LogP contribution in [0.3, 0.4) is 0 Å². The van der Waals surface area contributed by atoms with Gasteiger partial charge in [-0.05, 0) is 23.8 Å². The normalized spacial score (nSPS) is 18.3. The molecule has 0 saturated heterocycles. The number of fused-ring (bicyclic) bond motifs is 2. The molecule has 0 aromatic heterocycles. The molecular weight excluding hydrogens is 300 g/mol. The van der Waals surface area contributed by atoms with E-state index in [9.17, 15) is 9.59 Å². The second-order valence-corrected chi connectivity index (χ2v) is 5.40. The van der Waals surface area contributed by atoms with Gasteiger partial charge in [0.1, 0.15) is 5.75 Å². The highest BCUT2D eigenvalue weighted by Gasteiger charge is 2.31. The molecule has 2 aromatic carbocycles. The number of carbonyl (C=O) groups excluding carboxylic acids is 1. The Hall–Kier alpha value is -3.02. The minimum absolute atomic E-state index is 0.143. The molecule has 23 heavy (non-hydrogen) atoms. The van der Waals surface area contributed by atoms with E-state index in [4.69, 9.17) is 19.3 Å². The number of carbonyl (C=O) groups is 2. The van der Waals surface area contributed by atoms with E-state index in [1.807, 2.05) is 6.07 Å². The Morgan fingerprint density at radius 2 is 1.74 bits per heavy atom. The molecular formula is C17H12O6. The van der Waals surface area contributed by atoms with Crippen molar-refractivity contribution in [2.24, 2.45) is 0 Å². The van der Waals surface area contributed by atoms with Crippen LogP contribution >= 0.6 is 0 Å². The SMILES string of the molecule is O=C1CC(c2ccc(C(=O)O)cc2)c2cc3c(cc2O1)OCO3. The highest BCUT2D eigenvalue weighted by atomic mass is 16.7. The lowest BCUT2D eigenvalue weighted by Gasteiger charge is -2.25. The summed E-state index contributed by atoms with van der Waals surface area (Å²) < 4.78 is 16.0. The molecule has 0 fully saturated rings. The zero-order valence-corrected chi connectivity index (χ0v) is 11.9. The van der Waals surface area contributed by atoms with Crippen LogP contribution in [0.4, 0.5) is 0 Å². The van der Waals surface area contributed by atoms with Crippen molar-refractivity contribution in [2.45, 2.75) is 12.3 Å². The van der Waals surface area contributed by atoms with E-state index in [2.05, 4.69) is 0 Å². The lowest BCUT2D eigenvalue weighted by molar-refractivity contribution is -0.135. The van der Waals surface area contributed by atoms with Gasteiger partial charge in [0.2, 0.25) is 6.79 Å². The molecule has 2 aromatic rings. The number of esters is 1. The Bertz CT molecular complexity index is 809. The van der Waals surface area contributed by atoms with E-state index < -0.39 is 5.97 Å². The predicted molar refractivity (Wildman–Crippen MR) is 78.1 cm³/mol. The first-order valence-corrected chi connectivity index (χ1v) is 7.09. The molecule has 1 atom stereocenters. The average Bonchev–Trinajstić information content (AvgIpc) is 2.99. The topological polar surface area (TPSA) is 82.1 Å². The maximum Gasteiger partial charge on any atom is 0.335 e. The number of carboxylic acid groups (broad SMARTS) is 1. The number of rotatable bonds is 2. The zero-order chi connectivity index (χ0) is 16.0. The molecule has 0 aliphatic carbocycles. The number of aromatic carboxylic acids is 1.